The molecule has 0 heterocycles. The highest BCUT2D eigenvalue weighted by Gasteiger charge is 2.23. The molecule has 0 aromatic heterocycles. The highest BCUT2D eigenvalue weighted by atomic mass is 16.5. The highest BCUT2D eigenvalue weighted by molar-refractivity contribution is 5.89. The zero-order chi connectivity index (χ0) is 16.1. The van der Waals surface area contributed by atoms with Crippen LogP contribution in [0.15, 0.2) is 24.3 Å². The van der Waals surface area contributed by atoms with Crippen molar-refractivity contribution in [3.63, 3.8) is 0 Å². The Morgan fingerprint density at radius 1 is 1.13 bits per heavy atom. The summed E-state index contributed by atoms with van der Waals surface area (Å²) in [5.74, 6) is 1.25. The van der Waals surface area contributed by atoms with Crippen molar-refractivity contribution in [2.75, 3.05) is 11.9 Å². The molecule has 2 amide bonds. The van der Waals surface area contributed by atoms with Gasteiger partial charge in [0.05, 0.1) is 12.2 Å². The van der Waals surface area contributed by atoms with E-state index in [2.05, 4.69) is 10.6 Å². The van der Waals surface area contributed by atoms with Crippen molar-refractivity contribution in [3.05, 3.63) is 24.3 Å². The van der Waals surface area contributed by atoms with Gasteiger partial charge < -0.3 is 20.5 Å². The Labute approximate surface area is 137 Å². The summed E-state index contributed by atoms with van der Waals surface area (Å²) in [4.78, 5) is 11.9. The van der Waals surface area contributed by atoms with Gasteiger partial charge in [0, 0.05) is 12.2 Å². The van der Waals surface area contributed by atoms with Gasteiger partial charge in [-0.3, -0.25) is 0 Å². The zero-order valence-corrected chi connectivity index (χ0v) is 13.5. The van der Waals surface area contributed by atoms with Crippen LogP contribution in [0.3, 0.4) is 0 Å². The van der Waals surface area contributed by atoms with E-state index in [1.54, 1.807) is 0 Å². The highest BCUT2D eigenvalue weighted by Crippen LogP contribution is 2.25. The molecule has 5 heteroatoms. The standard InChI is InChI=1S/C18H26N2O3/c21-15-8-5-13(11-15)12-19-18(22)20-14-6-9-17(10-7-14)23-16-3-1-2-4-16/h6-7,9-10,13,15-16,21H,1-5,8,11-12H2,(H2,19,20,22)/t13-,15+/m0/s1. The van der Waals surface area contributed by atoms with E-state index < -0.39 is 0 Å². The number of hydrogen-bond donors (Lipinski definition) is 3. The summed E-state index contributed by atoms with van der Waals surface area (Å²) in [7, 11) is 0. The van der Waals surface area contributed by atoms with Gasteiger partial charge in [0.15, 0.2) is 0 Å². The van der Waals surface area contributed by atoms with Gasteiger partial charge >= 0.3 is 6.03 Å². The molecule has 2 fully saturated rings. The molecule has 1 aromatic rings. The molecule has 3 N–H and O–H groups in total. The topological polar surface area (TPSA) is 70.6 Å². The Morgan fingerprint density at radius 3 is 2.52 bits per heavy atom. The third-order valence-electron chi connectivity index (χ3n) is 4.78. The lowest BCUT2D eigenvalue weighted by molar-refractivity contribution is 0.177. The van der Waals surface area contributed by atoms with E-state index in [1.807, 2.05) is 24.3 Å². The molecule has 0 unspecified atom stereocenters. The quantitative estimate of drug-likeness (QED) is 0.780. The molecule has 5 nitrogen and oxygen atoms in total. The number of urea groups is 1. The normalized spacial score (nSPS) is 24.6. The Bertz CT molecular complexity index is 512. The fourth-order valence-corrected chi connectivity index (χ4v) is 3.46. The molecular weight excluding hydrogens is 292 g/mol. The van der Waals surface area contributed by atoms with Gasteiger partial charge in [0.2, 0.25) is 0 Å². The maximum absolute atomic E-state index is 11.9. The largest absolute Gasteiger partial charge is 0.490 e. The summed E-state index contributed by atoms with van der Waals surface area (Å²) in [6.45, 7) is 0.617. The Kier molecular flexibility index (Phi) is 5.39. The molecule has 2 atom stereocenters. The van der Waals surface area contributed by atoms with Crippen LogP contribution in [0.4, 0.5) is 10.5 Å². The first-order valence-corrected chi connectivity index (χ1v) is 8.68. The number of aliphatic hydroxyl groups is 1. The Morgan fingerprint density at radius 2 is 1.87 bits per heavy atom. The summed E-state index contributed by atoms with van der Waals surface area (Å²) in [5.41, 5.74) is 0.757. The summed E-state index contributed by atoms with van der Waals surface area (Å²) in [6.07, 6.45) is 7.54. The van der Waals surface area contributed by atoms with Crippen LogP contribution in [0, 0.1) is 5.92 Å². The van der Waals surface area contributed by atoms with Crippen molar-refractivity contribution in [2.45, 2.75) is 57.2 Å². The van der Waals surface area contributed by atoms with E-state index in [4.69, 9.17) is 4.74 Å². The van der Waals surface area contributed by atoms with Gasteiger partial charge in [-0.2, -0.15) is 0 Å². The minimum atomic E-state index is -0.198. The first-order chi connectivity index (χ1) is 11.2. The monoisotopic (exact) mass is 318 g/mol. The second kappa shape index (κ2) is 7.68. The molecule has 3 rings (SSSR count). The van der Waals surface area contributed by atoms with Gasteiger partial charge in [-0.05, 0) is 75.1 Å². The van der Waals surface area contributed by atoms with Crippen molar-refractivity contribution in [3.8, 4) is 5.75 Å². The summed E-state index contributed by atoms with van der Waals surface area (Å²) >= 11 is 0. The predicted molar refractivity (Wildman–Crippen MR) is 89.7 cm³/mol. The second-order valence-electron chi connectivity index (χ2n) is 6.72. The number of amides is 2. The van der Waals surface area contributed by atoms with Crippen LogP contribution in [-0.4, -0.2) is 29.9 Å². The number of rotatable bonds is 5. The van der Waals surface area contributed by atoms with Crippen LogP contribution in [0.5, 0.6) is 5.75 Å². The molecule has 0 spiro atoms. The van der Waals surface area contributed by atoms with E-state index in [9.17, 15) is 9.90 Å². The van der Waals surface area contributed by atoms with Crippen LogP contribution >= 0.6 is 0 Å². The van der Waals surface area contributed by atoms with E-state index in [0.717, 1.165) is 43.5 Å². The lowest BCUT2D eigenvalue weighted by Crippen LogP contribution is -2.32. The van der Waals surface area contributed by atoms with Crippen molar-refractivity contribution >= 4 is 11.7 Å². The fourth-order valence-electron chi connectivity index (χ4n) is 3.46. The van der Waals surface area contributed by atoms with E-state index in [-0.39, 0.29) is 12.1 Å². The van der Waals surface area contributed by atoms with E-state index in [1.165, 1.54) is 12.8 Å². The van der Waals surface area contributed by atoms with Gasteiger partial charge in [-0.25, -0.2) is 4.79 Å². The molecule has 1 aromatic carbocycles. The number of anilines is 1. The van der Waals surface area contributed by atoms with E-state index in [0.29, 0.717) is 18.6 Å². The number of hydrogen-bond acceptors (Lipinski definition) is 3. The van der Waals surface area contributed by atoms with Crippen LogP contribution in [0.25, 0.3) is 0 Å². The van der Waals surface area contributed by atoms with Crippen molar-refractivity contribution in [2.24, 2.45) is 5.92 Å². The van der Waals surface area contributed by atoms with Gasteiger partial charge in [-0.1, -0.05) is 0 Å². The van der Waals surface area contributed by atoms with Crippen LogP contribution < -0.4 is 15.4 Å². The maximum atomic E-state index is 11.9. The number of aliphatic hydroxyl groups excluding tert-OH is 1. The molecule has 0 saturated heterocycles. The number of benzene rings is 1. The first kappa shape index (κ1) is 16.1. The van der Waals surface area contributed by atoms with Crippen LogP contribution in [-0.2, 0) is 0 Å². The lowest BCUT2D eigenvalue weighted by Gasteiger charge is -2.14. The SMILES string of the molecule is O=C(NC[C@H]1CC[C@@H](O)C1)Nc1ccc(OC2CCCC2)cc1. The molecule has 2 saturated carbocycles. The molecule has 2 aliphatic carbocycles. The maximum Gasteiger partial charge on any atom is 0.319 e. The third-order valence-corrected chi connectivity index (χ3v) is 4.78. The average molecular weight is 318 g/mol. The fraction of sp³-hybridized carbons (Fsp3) is 0.611. The number of ether oxygens (including phenoxy) is 1. The molecule has 126 valence electrons. The zero-order valence-electron chi connectivity index (χ0n) is 13.5. The number of nitrogens with one attached hydrogen (secondary N) is 2. The summed E-state index contributed by atoms with van der Waals surface area (Å²) in [5, 5.41) is 15.2. The van der Waals surface area contributed by atoms with E-state index >= 15 is 0 Å². The average Bonchev–Trinajstić information content (AvgIpc) is 3.19. The minimum Gasteiger partial charge on any atom is -0.490 e. The molecule has 0 bridgehead atoms. The van der Waals surface area contributed by atoms with Crippen molar-refractivity contribution in [1.29, 1.82) is 0 Å². The second-order valence-corrected chi connectivity index (χ2v) is 6.72. The Balaban J connectivity index is 1.41. The molecular formula is C18H26N2O3. The molecule has 0 radical (unpaired) electrons. The molecule has 2 aliphatic rings. The van der Waals surface area contributed by atoms with Gasteiger partial charge in [0.25, 0.3) is 0 Å². The number of carbonyl (C=O) groups is 1. The van der Waals surface area contributed by atoms with Crippen molar-refractivity contribution < 1.29 is 14.6 Å². The summed E-state index contributed by atoms with van der Waals surface area (Å²) in [6, 6.07) is 7.34. The van der Waals surface area contributed by atoms with Gasteiger partial charge in [-0.15, -0.1) is 0 Å². The molecule has 0 aliphatic heterocycles. The molecule has 23 heavy (non-hydrogen) atoms. The predicted octanol–water partition coefficient (Wildman–Crippen LogP) is 3.29. The van der Waals surface area contributed by atoms with Crippen LogP contribution in [0.1, 0.15) is 44.9 Å². The smallest absolute Gasteiger partial charge is 0.319 e. The third kappa shape index (κ3) is 4.86. The van der Waals surface area contributed by atoms with Gasteiger partial charge in [0.1, 0.15) is 5.75 Å². The lowest BCUT2D eigenvalue weighted by atomic mass is 10.1. The minimum absolute atomic E-state index is 0.197. The Hall–Kier alpha value is -1.75. The van der Waals surface area contributed by atoms with Crippen LogP contribution in [0.2, 0.25) is 0 Å². The van der Waals surface area contributed by atoms with Crippen molar-refractivity contribution in [1.82, 2.24) is 5.32 Å². The number of carbonyl (C=O) groups excluding carboxylic acids is 1. The first-order valence-electron chi connectivity index (χ1n) is 8.68. The summed E-state index contributed by atoms with van der Waals surface area (Å²) < 4.78 is 5.91.